The van der Waals surface area contributed by atoms with E-state index in [0.717, 1.165) is 30.1 Å². The van der Waals surface area contributed by atoms with Crippen LogP contribution in [-0.2, 0) is 0 Å². The molecule has 17 heavy (non-hydrogen) atoms. The van der Waals surface area contributed by atoms with Gasteiger partial charge < -0.3 is 0 Å². The molecule has 0 aromatic heterocycles. The molecule has 0 unspecified atom stereocenters. The molecule has 0 aliphatic heterocycles. The van der Waals surface area contributed by atoms with Crippen molar-refractivity contribution in [2.24, 2.45) is 5.92 Å². The van der Waals surface area contributed by atoms with Crippen LogP contribution in [0.2, 0.25) is 0 Å². The van der Waals surface area contributed by atoms with Gasteiger partial charge in [-0.25, -0.2) is 0 Å². The summed E-state index contributed by atoms with van der Waals surface area (Å²) in [6.45, 7) is 6.76. The first-order valence-corrected chi connectivity index (χ1v) is 6.52. The van der Waals surface area contributed by atoms with E-state index in [1.54, 1.807) is 0 Å². The van der Waals surface area contributed by atoms with Crippen molar-refractivity contribution in [2.75, 3.05) is 19.6 Å². The standard InChI is InChI=1S/C15H21NO/c1-3-16(10-13-8-9-13)11-15(17)14-7-5-4-6-12(14)2/h4-7,13H,3,8-11H2,1-2H3. The zero-order valence-electron chi connectivity index (χ0n) is 10.8. The number of hydrogen-bond acceptors (Lipinski definition) is 2. The first kappa shape index (κ1) is 12.3. The summed E-state index contributed by atoms with van der Waals surface area (Å²) in [5.74, 6) is 1.10. The van der Waals surface area contributed by atoms with Crippen LogP contribution in [0.5, 0.6) is 0 Å². The fourth-order valence-electron chi connectivity index (χ4n) is 2.15. The smallest absolute Gasteiger partial charge is 0.177 e. The minimum atomic E-state index is 0.255. The molecule has 0 saturated heterocycles. The molecule has 0 atom stereocenters. The highest BCUT2D eigenvalue weighted by molar-refractivity contribution is 5.98. The van der Waals surface area contributed by atoms with E-state index in [2.05, 4.69) is 11.8 Å². The van der Waals surface area contributed by atoms with Crippen LogP contribution in [0.1, 0.15) is 35.7 Å². The lowest BCUT2D eigenvalue weighted by molar-refractivity contribution is 0.0930. The summed E-state index contributed by atoms with van der Waals surface area (Å²) >= 11 is 0. The van der Waals surface area contributed by atoms with Crippen LogP contribution in [-0.4, -0.2) is 30.3 Å². The van der Waals surface area contributed by atoms with Crippen molar-refractivity contribution in [3.63, 3.8) is 0 Å². The lowest BCUT2D eigenvalue weighted by Gasteiger charge is -2.19. The third-order valence-corrected chi connectivity index (χ3v) is 3.47. The van der Waals surface area contributed by atoms with Gasteiger partial charge in [0.05, 0.1) is 6.54 Å². The number of nitrogens with zero attached hydrogens (tertiary/aromatic N) is 1. The molecule has 0 spiro atoms. The second kappa shape index (κ2) is 5.46. The van der Waals surface area contributed by atoms with E-state index in [1.807, 2.05) is 31.2 Å². The summed E-state index contributed by atoms with van der Waals surface area (Å²) in [5.41, 5.74) is 1.96. The summed E-state index contributed by atoms with van der Waals surface area (Å²) in [6.07, 6.45) is 2.68. The van der Waals surface area contributed by atoms with E-state index >= 15 is 0 Å². The Hall–Kier alpha value is -1.15. The van der Waals surface area contributed by atoms with Gasteiger partial charge in [0.2, 0.25) is 0 Å². The number of rotatable bonds is 6. The molecule has 0 amide bonds. The fraction of sp³-hybridized carbons (Fsp3) is 0.533. The van der Waals surface area contributed by atoms with Gasteiger partial charge >= 0.3 is 0 Å². The van der Waals surface area contributed by atoms with Crippen molar-refractivity contribution in [3.05, 3.63) is 35.4 Å². The minimum Gasteiger partial charge on any atom is -0.296 e. The largest absolute Gasteiger partial charge is 0.296 e. The quantitative estimate of drug-likeness (QED) is 0.702. The van der Waals surface area contributed by atoms with Gasteiger partial charge in [-0.3, -0.25) is 9.69 Å². The number of hydrogen-bond donors (Lipinski definition) is 0. The Labute approximate surface area is 104 Å². The van der Waals surface area contributed by atoms with Crippen molar-refractivity contribution in [1.82, 2.24) is 4.90 Å². The fourth-order valence-corrected chi connectivity index (χ4v) is 2.15. The van der Waals surface area contributed by atoms with Gasteiger partial charge in [-0.05, 0) is 37.8 Å². The third-order valence-electron chi connectivity index (χ3n) is 3.47. The first-order valence-electron chi connectivity index (χ1n) is 6.52. The summed E-state index contributed by atoms with van der Waals surface area (Å²) in [5, 5.41) is 0. The van der Waals surface area contributed by atoms with Crippen molar-refractivity contribution in [3.8, 4) is 0 Å². The Bertz CT molecular complexity index is 396. The molecular weight excluding hydrogens is 210 g/mol. The maximum Gasteiger partial charge on any atom is 0.177 e. The monoisotopic (exact) mass is 231 g/mol. The predicted molar refractivity (Wildman–Crippen MR) is 70.3 cm³/mol. The Balaban J connectivity index is 1.97. The molecule has 0 heterocycles. The third kappa shape index (κ3) is 3.40. The van der Waals surface area contributed by atoms with E-state index in [4.69, 9.17) is 0 Å². The van der Waals surface area contributed by atoms with Gasteiger partial charge in [-0.1, -0.05) is 31.2 Å². The molecule has 1 aromatic rings. The Morgan fingerprint density at radius 2 is 2.06 bits per heavy atom. The number of carbonyl (C=O) groups excluding carboxylic acids is 1. The lowest BCUT2D eigenvalue weighted by Crippen LogP contribution is -2.31. The summed E-state index contributed by atoms with van der Waals surface area (Å²) in [7, 11) is 0. The average molecular weight is 231 g/mol. The molecule has 2 heteroatoms. The van der Waals surface area contributed by atoms with Gasteiger partial charge in [0.15, 0.2) is 5.78 Å². The molecule has 1 aliphatic carbocycles. The van der Waals surface area contributed by atoms with Crippen LogP contribution in [0.3, 0.4) is 0 Å². The summed E-state index contributed by atoms with van der Waals surface area (Å²) in [4.78, 5) is 14.5. The highest BCUT2D eigenvalue weighted by Gasteiger charge is 2.24. The Morgan fingerprint density at radius 3 is 2.65 bits per heavy atom. The number of likely N-dealkylation sites (N-methyl/N-ethyl adjacent to an activating group) is 1. The van der Waals surface area contributed by atoms with Crippen LogP contribution in [0, 0.1) is 12.8 Å². The van der Waals surface area contributed by atoms with E-state index in [9.17, 15) is 4.79 Å². The minimum absolute atomic E-state index is 0.255. The van der Waals surface area contributed by atoms with Crippen molar-refractivity contribution < 1.29 is 4.79 Å². The number of ketones is 1. The van der Waals surface area contributed by atoms with E-state index < -0.39 is 0 Å². The molecule has 0 radical (unpaired) electrons. The average Bonchev–Trinajstić information content (AvgIpc) is 3.12. The number of Topliss-reactive ketones (excluding diaryl/α,β-unsaturated/α-hetero) is 1. The molecule has 1 fully saturated rings. The second-order valence-corrected chi connectivity index (χ2v) is 5.01. The second-order valence-electron chi connectivity index (χ2n) is 5.01. The number of aryl methyl sites for hydroxylation is 1. The topological polar surface area (TPSA) is 20.3 Å². The molecule has 1 aromatic carbocycles. The molecule has 0 bridgehead atoms. The van der Waals surface area contributed by atoms with E-state index in [-0.39, 0.29) is 5.78 Å². The maximum absolute atomic E-state index is 12.2. The Morgan fingerprint density at radius 1 is 1.35 bits per heavy atom. The van der Waals surface area contributed by atoms with Gasteiger partial charge in [0.1, 0.15) is 0 Å². The molecule has 0 N–H and O–H groups in total. The van der Waals surface area contributed by atoms with Gasteiger partial charge in [-0.15, -0.1) is 0 Å². The number of carbonyl (C=O) groups is 1. The zero-order chi connectivity index (χ0) is 12.3. The number of benzene rings is 1. The van der Waals surface area contributed by atoms with Gasteiger partial charge in [-0.2, -0.15) is 0 Å². The highest BCUT2D eigenvalue weighted by atomic mass is 16.1. The van der Waals surface area contributed by atoms with Crippen LogP contribution in [0.25, 0.3) is 0 Å². The summed E-state index contributed by atoms with van der Waals surface area (Å²) in [6, 6.07) is 7.86. The summed E-state index contributed by atoms with van der Waals surface area (Å²) < 4.78 is 0. The Kier molecular flexibility index (Phi) is 3.95. The molecule has 2 rings (SSSR count). The molecule has 1 saturated carbocycles. The van der Waals surface area contributed by atoms with Crippen molar-refractivity contribution in [1.29, 1.82) is 0 Å². The van der Waals surface area contributed by atoms with E-state index in [0.29, 0.717) is 6.54 Å². The van der Waals surface area contributed by atoms with Crippen LogP contribution < -0.4 is 0 Å². The molecular formula is C15H21NO. The highest BCUT2D eigenvalue weighted by Crippen LogP contribution is 2.29. The normalized spacial score (nSPS) is 15.2. The van der Waals surface area contributed by atoms with Crippen molar-refractivity contribution >= 4 is 5.78 Å². The SMILES string of the molecule is CCN(CC(=O)c1ccccc1C)CC1CC1. The van der Waals surface area contributed by atoms with Crippen LogP contribution in [0.4, 0.5) is 0 Å². The van der Waals surface area contributed by atoms with Gasteiger partial charge in [0, 0.05) is 12.1 Å². The maximum atomic E-state index is 12.2. The first-order chi connectivity index (χ1) is 8.20. The molecule has 1 aliphatic rings. The van der Waals surface area contributed by atoms with E-state index in [1.165, 1.54) is 12.8 Å². The van der Waals surface area contributed by atoms with Gasteiger partial charge in [0.25, 0.3) is 0 Å². The predicted octanol–water partition coefficient (Wildman–Crippen LogP) is 2.91. The zero-order valence-corrected chi connectivity index (χ0v) is 10.8. The van der Waals surface area contributed by atoms with Crippen LogP contribution >= 0.6 is 0 Å². The lowest BCUT2D eigenvalue weighted by atomic mass is 10.0. The van der Waals surface area contributed by atoms with Crippen LogP contribution in [0.15, 0.2) is 24.3 Å². The molecule has 92 valence electrons. The molecule has 2 nitrogen and oxygen atoms in total. The van der Waals surface area contributed by atoms with Crippen molar-refractivity contribution in [2.45, 2.75) is 26.7 Å².